The summed E-state index contributed by atoms with van der Waals surface area (Å²) in [6, 6.07) is 0. The Hall–Kier alpha value is -1.02. The zero-order valence-corrected chi connectivity index (χ0v) is 13.5. The molecular formula is C11H20N4O2S2. The summed E-state index contributed by atoms with van der Waals surface area (Å²) in [4.78, 5) is 16.6. The number of amides is 1. The predicted octanol–water partition coefficient (Wildman–Crippen LogP) is 2.09. The first-order valence-electron chi connectivity index (χ1n) is 5.91. The maximum atomic E-state index is 11.3. The van der Waals surface area contributed by atoms with Crippen LogP contribution >= 0.6 is 23.1 Å². The van der Waals surface area contributed by atoms with Crippen molar-refractivity contribution in [2.45, 2.75) is 25.5 Å². The van der Waals surface area contributed by atoms with Crippen LogP contribution in [0.15, 0.2) is 4.99 Å². The van der Waals surface area contributed by atoms with E-state index in [1.165, 1.54) is 11.3 Å². The molecule has 0 saturated carbocycles. The van der Waals surface area contributed by atoms with Gasteiger partial charge in [0.2, 0.25) is 9.93 Å². The SMILES string of the molecule is CCOC(=O)Nc1nn(C)c(=NCC(C)(C)SC)s1. The van der Waals surface area contributed by atoms with Crippen molar-refractivity contribution in [1.29, 1.82) is 0 Å². The number of nitrogens with zero attached hydrogens (tertiary/aromatic N) is 3. The maximum Gasteiger partial charge on any atom is 0.413 e. The third-order valence-corrected chi connectivity index (χ3v) is 4.52. The van der Waals surface area contributed by atoms with E-state index in [-0.39, 0.29) is 4.75 Å². The summed E-state index contributed by atoms with van der Waals surface area (Å²) in [7, 11) is 1.80. The van der Waals surface area contributed by atoms with Gasteiger partial charge < -0.3 is 4.74 Å². The van der Waals surface area contributed by atoms with Crippen molar-refractivity contribution < 1.29 is 9.53 Å². The fourth-order valence-corrected chi connectivity index (χ4v) is 2.08. The average Bonchev–Trinajstić information content (AvgIpc) is 2.67. The fourth-order valence-electron chi connectivity index (χ4n) is 1.11. The van der Waals surface area contributed by atoms with E-state index >= 15 is 0 Å². The van der Waals surface area contributed by atoms with Gasteiger partial charge in [0.15, 0.2) is 0 Å². The lowest BCUT2D eigenvalue weighted by atomic mass is 10.2. The first-order valence-corrected chi connectivity index (χ1v) is 7.95. The first-order chi connectivity index (χ1) is 8.88. The van der Waals surface area contributed by atoms with Gasteiger partial charge >= 0.3 is 6.09 Å². The Kier molecular flexibility index (Phi) is 5.86. The minimum absolute atomic E-state index is 0.0890. The molecule has 0 aliphatic heterocycles. The van der Waals surface area contributed by atoms with Gasteiger partial charge in [-0.25, -0.2) is 9.48 Å². The molecule has 0 atom stereocenters. The summed E-state index contributed by atoms with van der Waals surface area (Å²) in [5, 5.41) is 7.25. The van der Waals surface area contributed by atoms with Crippen LogP contribution in [0.4, 0.5) is 9.93 Å². The molecule has 1 amide bonds. The van der Waals surface area contributed by atoms with Crippen LogP contribution < -0.4 is 10.1 Å². The molecule has 108 valence electrons. The summed E-state index contributed by atoms with van der Waals surface area (Å²) >= 11 is 3.10. The molecule has 0 unspecified atom stereocenters. The van der Waals surface area contributed by atoms with E-state index in [2.05, 4.69) is 35.5 Å². The average molecular weight is 304 g/mol. The fraction of sp³-hybridized carbons (Fsp3) is 0.727. The van der Waals surface area contributed by atoms with Crippen molar-refractivity contribution in [2.75, 3.05) is 24.7 Å². The highest BCUT2D eigenvalue weighted by Crippen LogP contribution is 2.20. The molecule has 0 bridgehead atoms. The second-order valence-corrected chi connectivity index (χ2v) is 6.91. The standard InChI is InChI=1S/C11H20N4O2S2/c1-6-17-10(16)13-8-14-15(4)9(19-8)12-7-11(2,3)18-5/h6-7H2,1-5H3,(H,13,14,16). The monoisotopic (exact) mass is 304 g/mol. The van der Waals surface area contributed by atoms with Gasteiger partial charge in [-0.05, 0) is 27.0 Å². The molecule has 0 aromatic carbocycles. The van der Waals surface area contributed by atoms with Gasteiger partial charge in [-0.2, -0.15) is 11.8 Å². The second-order valence-electron chi connectivity index (χ2n) is 4.44. The Bertz CT molecular complexity index is 493. The zero-order chi connectivity index (χ0) is 14.5. The first kappa shape index (κ1) is 16.0. The summed E-state index contributed by atoms with van der Waals surface area (Å²) in [6.07, 6.45) is 1.57. The molecule has 1 heterocycles. The van der Waals surface area contributed by atoms with Crippen LogP contribution in [0.3, 0.4) is 0 Å². The largest absolute Gasteiger partial charge is 0.450 e. The molecule has 0 spiro atoms. The molecule has 19 heavy (non-hydrogen) atoms. The number of thioether (sulfide) groups is 1. The highest BCUT2D eigenvalue weighted by Gasteiger charge is 2.15. The van der Waals surface area contributed by atoms with Gasteiger partial charge in [0.1, 0.15) is 0 Å². The van der Waals surface area contributed by atoms with Gasteiger partial charge in [0.05, 0.1) is 13.2 Å². The van der Waals surface area contributed by atoms with E-state index < -0.39 is 6.09 Å². The molecule has 1 aromatic rings. The van der Waals surface area contributed by atoms with E-state index in [0.29, 0.717) is 18.3 Å². The second kappa shape index (κ2) is 6.95. The number of hydrogen-bond donors (Lipinski definition) is 1. The lowest BCUT2D eigenvalue weighted by molar-refractivity contribution is 0.168. The topological polar surface area (TPSA) is 68.5 Å². The zero-order valence-electron chi connectivity index (χ0n) is 11.9. The summed E-state index contributed by atoms with van der Waals surface area (Å²) in [5.74, 6) is 0. The Balaban J connectivity index is 2.79. The normalized spacial score (nSPS) is 12.6. The molecule has 0 fully saturated rings. The maximum absolute atomic E-state index is 11.3. The highest BCUT2D eigenvalue weighted by atomic mass is 32.2. The van der Waals surface area contributed by atoms with Gasteiger partial charge in [-0.3, -0.25) is 10.3 Å². The Morgan fingerprint density at radius 3 is 2.89 bits per heavy atom. The molecule has 8 heteroatoms. The lowest BCUT2D eigenvalue weighted by Gasteiger charge is -2.18. The summed E-state index contributed by atoms with van der Waals surface area (Å²) < 4.78 is 6.54. The molecular weight excluding hydrogens is 284 g/mol. The van der Waals surface area contributed by atoms with Crippen molar-refractivity contribution in [2.24, 2.45) is 12.0 Å². The molecule has 1 N–H and O–H groups in total. The number of rotatable bonds is 5. The number of aryl methyl sites for hydroxylation is 1. The molecule has 0 aliphatic carbocycles. The van der Waals surface area contributed by atoms with Crippen LogP contribution in [0.5, 0.6) is 0 Å². The number of carbonyl (C=O) groups is 1. The Morgan fingerprint density at radius 2 is 2.32 bits per heavy atom. The van der Waals surface area contributed by atoms with Crippen molar-refractivity contribution in [3.05, 3.63) is 4.80 Å². The van der Waals surface area contributed by atoms with Crippen LogP contribution in [0.25, 0.3) is 0 Å². The molecule has 0 saturated heterocycles. The third kappa shape index (κ3) is 5.23. The van der Waals surface area contributed by atoms with Gasteiger partial charge in [0.25, 0.3) is 0 Å². The smallest absolute Gasteiger partial charge is 0.413 e. The predicted molar refractivity (Wildman–Crippen MR) is 79.8 cm³/mol. The number of anilines is 1. The molecule has 1 rings (SSSR count). The van der Waals surface area contributed by atoms with Crippen LogP contribution in [0.2, 0.25) is 0 Å². The highest BCUT2D eigenvalue weighted by molar-refractivity contribution is 7.99. The van der Waals surface area contributed by atoms with E-state index in [0.717, 1.165) is 4.80 Å². The van der Waals surface area contributed by atoms with Gasteiger partial charge in [-0.1, -0.05) is 11.3 Å². The molecule has 6 nitrogen and oxygen atoms in total. The van der Waals surface area contributed by atoms with E-state index in [4.69, 9.17) is 4.74 Å². The summed E-state index contributed by atoms with van der Waals surface area (Å²) in [5.41, 5.74) is 0. The Labute approximate surface area is 121 Å². The van der Waals surface area contributed by atoms with Crippen LogP contribution in [-0.2, 0) is 11.8 Å². The van der Waals surface area contributed by atoms with Crippen molar-refractivity contribution in [3.8, 4) is 0 Å². The van der Waals surface area contributed by atoms with Crippen LogP contribution in [0.1, 0.15) is 20.8 Å². The van der Waals surface area contributed by atoms with Crippen LogP contribution in [-0.4, -0.2) is 40.0 Å². The van der Waals surface area contributed by atoms with Crippen molar-refractivity contribution in [3.63, 3.8) is 0 Å². The Morgan fingerprint density at radius 1 is 1.63 bits per heavy atom. The van der Waals surface area contributed by atoms with E-state index in [1.54, 1.807) is 30.4 Å². The van der Waals surface area contributed by atoms with E-state index in [9.17, 15) is 4.79 Å². The number of ether oxygens (including phenoxy) is 1. The quantitative estimate of drug-likeness (QED) is 0.904. The number of carbonyl (C=O) groups excluding carboxylic acids is 1. The van der Waals surface area contributed by atoms with Crippen molar-refractivity contribution in [1.82, 2.24) is 9.78 Å². The molecule has 1 aromatic heterocycles. The third-order valence-electron chi connectivity index (χ3n) is 2.34. The minimum Gasteiger partial charge on any atom is -0.450 e. The van der Waals surface area contributed by atoms with Gasteiger partial charge in [-0.15, -0.1) is 5.10 Å². The minimum atomic E-state index is -0.493. The van der Waals surface area contributed by atoms with Gasteiger partial charge in [0, 0.05) is 11.8 Å². The number of aromatic nitrogens is 2. The molecule has 0 radical (unpaired) electrons. The molecule has 0 aliphatic rings. The number of nitrogens with one attached hydrogen (secondary N) is 1. The number of hydrogen-bond acceptors (Lipinski definition) is 6. The lowest BCUT2D eigenvalue weighted by Crippen LogP contribution is -2.22. The van der Waals surface area contributed by atoms with Crippen molar-refractivity contribution >= 4 is 34.3 Å². The van der Waals surface area contributed by atoms with E-state index in [1.807, 2.05) is 0 Å². The van der Waals surface area contributed by atoms with Crippen LogP contribution in [0, 0.1) is 0 Å². The summed E-state index contributed by atoms with van der Waals surface area (Å²) in [6.45, 7) is 7.07.